The standard InChI is InChI=1S/C24H12F8N2O/c1-11-9-33-23(34-10-11)12-2-3-15(16(25)4-12)13-5-17(26)21(18(27)6-13)24(31,32)35-14-7-19(28)22(30)20(29)8-14/h2-10H,1H3. The monoisotopic (exact) mass is 496 g/mol. The van der Waals surface area contributed by atoms with E-state index in [0.717, 1.165) is 11.6 Å². The van der Waals surface area contributed by atoms with Gasteiger partial charge in [0, 0.05) is 35.7 Å². The molecule has 0 aliphatic carbocycles. The van der Waals surface area contributed by atoms with Crippen molar-refractivity contribution < 1.29 is 39.9 Å². The van der Waals surface area contributed by atoms with E-state index < -0.39 is 57.9 Å². The Morgan fingerprint density at radius 2 is 1.23 bits per heavy atom. The number of nitrogens with zero attached hydrogens (tertiary/aromatic N) is 2. The van der Waals surface area contributed by atoms with Crippen molar-refractivity contribution >= 4 is 0 Å². The molecule has 0 fully saturated rings. The Labute approximate surface area is 192 Å². The number of rotatable bonds is 5. The fraction of sp³-hybridized carbons (Fsp3) is 0.0833. The molecule has 1 heterocycles. The van der Waals surface area contributed by atoms with Crippen LogP contribution in [0.1, 0.15) is 11.1 Å². The first kappa shape index (κ1) is 24.1. The molecule has 0 amide bonds. The first-order chi connectivity index (χ1) is 16.5. The lowest BCUT2D eigenvalue weighted by Crippen LogP contribution is -2.25. The van der Waals surface area contributed by atoms with E-state index in [4.69, 9.17) is 0 Å². The molecule has 180 valence electrons. The fourth-order valence-electron chi connectivity index (χ4n) is 3.23. The lowest BCUT2D eigenvalue weighted by Gasteiger charge is -2.20. The summed E-state index contributed by atoms with van der Waals surface area (Å²) in [6.45, 7) is 1.75. The molecule has 0 atom stereocenters. The summed E-state index contributed by atoms with van der Waals surface area (Å²) in [6, 6.07) is 4.63. The number of halogens is 8. The van der Waals surface area contributed by atoms with E-state index in [2.05, 4.69) is 14.7 Å². The third-order valence-electron chi connectivity index (χ3n) is 4.86. The van der Waals surface area contributed by atoms with Crippen LogP contribution in [0.3, 0.4) is 0 Å². The van der Waals surface area contributed by atoms with E-state index in [1.54, 1.807) is 6.92 Å². The van der Waals surface area contributed by atoms with Gasteiger partial charge in [-0.15, -0.1) is 0 Å². The van der Waals surface area contributed by atoms with Gasteiger partial charge in [0.1, 0.15) is 28.8 Å². The van der Waals surface area contributed by atoms with Gasteiger partial charge in [-0.1, -0.05) is 12.1 Å². The number of alkyl halides is 2. The smallest absolute Gasteiger partial charge is 0.429 e. The van der Waals surface area contributed by atoms with Gasteiger partial charge in [0.25, 0.3) is 0 Å². The Hall–Kier alpha value is -4.02. The van der Waals surface area contributed by atoms with Gasteiger partial charge in [-0.2, -0.15) is 8.78 Å². The lowest BCUT2D eigenvalue weighted by molar-refractivity contribution is -0.189. The fourth-order valence-corrected chi connectivity index (χ4v) is 3.23. The van der Waals surface area contributed by atoms with Gasteiger partial charge in [0.15, 0.2) is 23.3 Å². The van der Waals surface area contributed by atoms with Crippen molar-refractivity contribution in [3.63, 3.8) is 0 Å². The summed E-state index contributed by atoms with van der Waals surface area (Å²) in [6.07, 6.45) is -1.74. The van der Waals surface area contributed by atoms with Crippen LogP contribution in [-0.2, 0) is 6.11 Å². The minimum absolute atomic E-state index is 0.0885. The van der Waals surface area contributed by atoms with Crippen molar-refractivity contribution in [2.75, 3.05) is 0 Å². The van der Waals surface area contributed by atoms with Crippen molar-refractivity contribution in [3.8, 4) is 28.3 Å². The molecule has 0 N–H and O–H groups in total. The second kappa shape index (κ2) is 8.97. The van der Waals surface area contributed by atoms with Gasteiger partial charge >= 0.3 is 6.11 Å². The maximum absolute atomic E-state index is 14.7. The molecular weight excluding hydrogens is 484 g/mol. The topological polar surface area (TPSA) is 35.0 Å². The largest absolute Gasteiger partial charge is 0.432 e. The minimum atomic E-state index is -4.76. The van der Waals surface area contributed by atoms with Crippen LogP contribution in [-0.4, -0.2) is 9.97 Å². The van der Waals surface area contributed by atoms with Crippen LogP contribution in [0.5, 0.6) is 5.75 Å². The number of hydrogen-bond donors (Lipinski definition) is 0. The van der Waals surface area contributed by atoms with Gasteiger partial charge in [-0.3, -0.25) is 0 Å². The summed E-state index contributed by atoms with van der Waals surface area (Å²) in [5, 5.41) is 0. The molecule has 3 nitrogen and oxygen atoms in total. The van der Waals surface area contributed by atoms with Crippen molar-refractivity contribution in [3.05, 3.63) is 101 Å². The number of hydrogen-bond acceptors (Lipinski definition) is 3. The van der Waals surface area contributed by atoms with Crippen LogP contribution in [0.4, 0.5) is 35.1 Å². The molecule has 0 aliphatic rings. The predicted molar refractivity (Wildman–Crippen MR) is 108 cm³/mol. The zero-order chi connectivity index (χ0) is 25.5. The molecule has 35 heavy (non-hydrogen) atoms. The molecule has 0 unspecified atom stereocenters. The summed E-state index contributed by atoms with van der Waals surface area (Å²) < 4.78 is 116. The summed E-state index contributed by atoms with van der Waals surface area (Å²) in [5.41, 5.74) is -1.57. The summed E-state index contributed by atoms with van der Waals surface area (Å²) in [4.78, 5) is 8.09. The van der Waals surface area contributed by atoms with E-state index in [9.17, 15) is 35.1 Å². The highest BCUT2D eigenvalue weighted by Crippen LogP contribution is 2.38. The molecular formula is C24H12F8N2O. The third kappa shape index (κ3) is 4.79. The normalized spacial score (nSPS) is 11.6. The minimum Gasteiger partial charge on any atom is -0.429 e. The van der Waals surface area contributed by atoms with E-state index in [1.165, 1.54) is 24.5 Å². The number of ether oxygens (including phenoxy) is 1. The zero-order valence-corrected chi connectivity index (χ0v) is 17.5. The summed E-state index contributed by atoms with van der Waals surface area (Å²) >= 11 is 0. The third-order valence-corrected chi connectivity index (χ3v) is 4.86. The molecule has 0 spiro atoms. The maximum atomic E-state index is 14.7. The Morgan fingerprint density at radius 1 is 0.686 bits per heavy atom. The van der Waals surface area contributed by atoms with Crippen molar-refractivity contribution in [1.82, 2.24) is 9.97 Å². The highest BCUT2D eigenvalue weighted by atomic mass is 19.3. The first-order valence-corrected chi connectivity index (χ1v) is 9.76. The van der Waals surface area contributed by atoms with Crippen molar-refractivity contribution in [1.29, 1.82) is 0 Å². The maximum Gasteiger partial charge on any atom is 0.432 e. The van der Waals surface area contributed by atoms with E-state index >= 15 is 0 Å². The van der Waals surface area contributed by atoms with Gasteiger partial charge in [-0.05, 0) is 36.2 Å². The van der Waals surface area contributed by atoms with Gasteiger partial charge in [-0.25, -0.2) is 36.3 Å². The Bertz CT molecular complexity index is 1380. The van der Waals surface area contributed by atoms with E-state index in [-0.39, 0.29) is 29.1 Å². The number of benzene rings is 3. The average Bonchev–Trinajstić information content (AvgIpc) is 2.76. The van der Waals surface area contributed by atoms with Crippen LogP contribution in [0.25, 0.3) is 22.5 Å². The van der Waals surface area contributed by atoms with E-state index in [1.807, 2.05) is 0 Å². The average molecular weight is 496 g/mol. The predicted octanol–water partition coefficient (Wildman–Crippen LogP) is 7.08. The molecule has 0 bridgehead atoms. The summed E-state index contributed by atoms with van der Waals surface area (Å²) in [7, 11) is 0. The Kier molecular flexibility index (Phi) is 6.18. The first-order valence-electron chi connectivity index (χ1n) is 9.76. The van der Waals surface area contributed by atoms with Crippen molar-refractivity contribution in [2.45, 2.75) is 13.0 Å². The van der Waals surface area contributed by atoms with Crippen LogP contribution >= 0.6 is 0 Å². The molecule has 1 aromatic heterocycles. The van der Waals surface area contributed by atoms with Gasteiger partial charge in [0.05, 0.1) is 0 Å². The van der Waals surface area contributed by atoms with Crippen LogP contribution in [0, 0.1) is 41.8 Å². The van der Waals surface area contributed by atoms with Gasteiger partial charge < -0.3 is 4.74 Å². The molecule has 0 saturated heterocycles. The van der Waals surface area contributed by atoms with Crippen molar-refractivity contribution in [2.24, 2.45) is 0 Å². The van der Waals surface area contributed by atoms with E-state index in [0.29, 0.717) is 12.1 Å². The molecule has 3 aromatic carbocycles. The lowest BCUT2D eigenvalue weighted by atomic mass is 10.00. The molecule has 11 heteroatoms. The highest BCUT2D eigenvalue weighted by molar-refractivity contribution is 5.69. The quantitative estimate of drug-likeness (QED) is 0.219. The number of aromatic nitrogens is 2. The molecule has 4 aromatic rings. The highest BCUT2D eigenvalue weighted by Gasteiger charge is 2.41. The SMILES string of the molecule is Cc1cnc(-c2ccc(-c3cc(F)c(C(F)(F)Oc4cc(F)c(F)c(F)c4)c(F)c3)c(F)c2)nc1. The number of aryl methyl sites for hydroxylation is 1. The van der Waals surface area contributed by atoms with Crippen LogP contribution < -0.4 is 4.74 Å². The molecule has 4 rings (SSSR count). The second-order valence-corrected chi connectivity index (χ2v) is 7.41. The Morgan fingerprint density at radius 3 is 1.77 bits per heavy atom. The second-order valence-electron chi connectivity index (χ2n) is 7.41. The molecule has 0 aliphatic heterocycles. The summed E-state index contributed by atoms with van der Waals surface area (Å²) in [5.74, 6) is -11.2. The molecule has 0 radical (unpaired) electrons. The van der Waals surface area contributed by atoms with Gasteiger partial charge in [0.2, 0.25) is 0 Å². The van der Waals surface area contributed by atoms with Crippen LogP contribution in [0.15, 0.2) is 54.9 Å². The van der Waals surface area contributed by atoms with Crippen LogP contribution in [0.2, 0.25) is 0 Å². The molecule has 0 saturated carbocycles. The zero-order valence-electron chi connectivity index (χ0n) is 17.5. The Balaban J connectivity index is 1.67.